The largest absolute Gasteiger partial charge is 0.340 e. The Morgan fingerprint density at radius 2 is 2.14 bits per heavy atom. The molecule has 0 saturated heterocycles. The highest BCUT2D eigenvalue weighted by atomic mass is 16.5. The second-order valence-corrected chi connectivity index (χ2v) is 5.04. The Hall–Kier alpha value is -2.41. The van der Waals surface area contributed by atoms with Crippen LogP contribution in [0.25, 0.3) is 11.0 Å². The van der Waals surface area contributed by atoms with E-state index in [1.165, 1.54) is 0 Å². The highest BCUT2D eigenvalue weighted by molar-refractivity contribution is 5.75. The average Bonchev–Trinajstić information content (AvgIpc) is 3.02. The number of hydrogen-bond donors (Lipinski definition) is 3. The van der Waals surface area contributed by atoms with Crippen LogP contribution in [0, 0.1) is 6.92 Å². The van der Waals surface area contributed by atoms with Gasteiger partial charge in [-0.3, -0.25) is 0 Å². The van der Waals surface area contributed by atoms with Gasteiger partial charge in [-0.15, -0.1) is 0 Å². The standard InChI is InChI=1S/C14H17N5O2/c1-8(15-6-5-13-16-9(2)21-19-13)10-3-4-11-12(7-10)18-14(20)17-11/h3-4,7-8,15H,5-6H2,1-2H3,(H2,17,18,20). The number of imidazole rings is 1. The first-order valence-corrected chi connectivity index (χ1v) is 6.86. The number of nitrogens with one attached hydrogen (secondary N) is 3. The normalized spacial score (nSPS) is 12.9. The van der Waals surface area contributed by atoms with E-state index < -0.39 is 0 Å². The molecule has 0 amide bonds. The van der Waals surface area contributed by atoms with Crippen molar-refractivity contribution in [1.82, 2.24) is 25.4 Å². The van der Waals surface area contributed by atoms with Crippen molar-refractivity contribution in [3.63, 3.8) is 0 Å². The number of hydrogen-bond acceptors (Lipinski definition) is 5. The molecule has 0 aliphatic carbocycles. The van der Waals surface area contributed by atoms with E-state index in [-0.39, 0.29) is 11.7 Å². The fraction of sp³-hybridized carbons (Fsp3) is 0.357. The van der Waals surface area contributed by atoms with Crippen LogP contribution in [-0.4, -0.2) is 26.7 Å². The molecule has 0 bridgehead atoms. The van der Waals surface area contributed by atoms with Gasteiger partial charge in [0.1, 0.15) is 0 Å². The Kier molecular flexibility index (Phi) is 3.57. The molecular weight excluding hydrogens is 270 g/mol. The summed E-state index contributed by atoms with van der Waals surface area (Å²) in [6.45, 7) is 4.61. The molecule has 3 rings (SSSR count). The first kappa shape index (κ1) is 13.6. The van der Waals surface area contributed by atoms with E-state index in [4.69, 9.17) is 4.52 Å². The first-order valence-electron chi connectivity index (χ1n) is 6.86. The van der Waals surface area contributed by atoms with Crippen LogP contribution in [0.2, 0.25) is 0 Å². The first-order chi connectivity index (χ1) is 10.1. The highest BCUT2D eigenvalue weighted by Crippen LogP contribution is 2.16. The molecule has 3 aromatic rings. The predicted octanol–water partition coefficient (Wildman–Crippen LogP) is 1.44. The minimum Gasteiger partial charge on any atom is -0.340 e. The molecule has 1 atom stereocenters. The van der Waals surface area contributed by atoms with Crippen molar-refractivity contribution in [3.8, 4) is 0 Å². The molecule has 0 aliphatic heterocycles. The van der Waals surface area contributed by atoms with Crippen LogP contribution in [0.3, 0.4) is 0 Å². The van der Waals surface area contributed by atoms with Gasteiger partial charge < -0.3 is 19.8 Å². The lowest BCUT2D eigenvalue weighted by Crippen LogP contribution is -2.21. The lowest BCUT2D eigenvalue weighted by atomic mass is 10.1. The SMILES string of the molecule is Cc1nc(CCNC(C)c2ccc3[nH]c(=O)[nH]c3c2)no1. The second kappa shape index (κ2) is 5.53. The fourth-order valence-electron chi connectivity index (χ4n) is 2.28. The number of benzene rings is 1. The lowest BCUT2D eigenvalue weighted by Gasteiger charge is -2.13. The van der Waals surface area contributed by atoms with Crippen LogP contribution in [0.5, 0.6) is 0 Å². The Morgan fingerprint density at radius 3 is 2.90 bits per heavy atom. The topological polar surface area (TPSA) is 99.6 Å². The van der Waals surface area contributed by atoms with Gasteiger partial charge in [0.15, 0.2) is 5.82 Å². The van der Waals surface area contributed by atoms with Crippen LogP contribution in [0.1, 0.15) is 30.2 Å². The summed E-state index contributed by atoms with van der Waals surface area (Å²) in [5.74, 6) is 1.29. The third kappa shape index (κ3) is 3.03. The van der Waals surface area contributed by atoms with E-state index >= 15 is 0 Å². The third-order valence-electron chi connectivity index (χ3n) is 3.41. The minimum absolute atomic E-state index is 0.167. The van der Waals surface area contributed by atoms with E-state index in [1.54, 1.807) is 6.92 Å². The van der Waals surface area contributed by atoms with E-state index in [1.807, 2.05) is 18.2 Å². The maximum atomic E-state index is 11.3. The van der Waals surface area contributed by atoms with E-state index in [2.05, 4.69) is 32.3 Å². The quantitative estimate of drug-likeness (QED) is 0.659. The van der Waals surface area contributed by atoms with Crippen molar-refractivity contribution in [1.29, 1.82) is 0 Å². The smallest absolute Gasteiger partial charge is 0.323 e. The molecule has 7 heteroatoms. The number of aromatic amines is 2. The third-order valence-corrected chi connectivity index (χ3v) is 3.41. The van der Waals surface area contributed by atoms with Gasteiger partial charge in [-0.1, -0.05) is 11.2 Å². The van der Waals surface area contributed by atoms with Gasteiger partial charge in [0.05, 0.1) is 11.0 Å². The molecule has 2 aromatic heterocycles. The summed E-state index contributed by atoms with van der Waals surface area (Å²) >= 11 is 0. The minimum atomic E-state index is -0.185. The Labute approximate surface area is 120 Å². The van der Waals surface area contributed by atoms with E-state index in [0.717, 1.165) is 23.1 Å². The fourth-order valence-corrected chi connectivity index (χ4v) is 2.28. The summed E-state index contributed by atoms with van der Waals surface area (Å²) in [5, 5.41) is 7.26. The van der Waals surface area contributed by atoms with Crippen LogP contribution >= 0.6 is 0 Å². The molecule has 2 heterocycles. The van der Waals surface area contributed by atoms with Crippen molar-refractivity contribution in [3.05, 3.63) is 46.0 Å². The second-order valence-electron chi connectivity index (χ2n) is 5.04. The Balaban J connectivity index is 1.63. The van der Waals surface area contributed by atoms with E-state index in [0.29, 0.717) is 18.1 Å². The van der Waals surface area contributed by atoms with Gasteiger partial charge in [-0.2, -0.15) is 4.98 Å². The van der Waals surface area contributed by atoms with Gasteiger partial charge in [0, 0.05) is 25.9 Å². The number of aryl methyl sites for hydroxylation is 1. The van der Waals surface area contributed by atoms with Crippen LogP contribution < -0.4 is 11.0 Å². The average molecular weight is 287 g/mol. The molecule has 1 aromatic carbocycles. The molecule has 0 saturated carbocycles. The van der Waals surface area contributed by atoms with Crippen molar-refractivity contribution >= 4 is 11.0 Å². The van der Waals surface area contributed by atoms with Crippen molar-refractivity contribution in [2.24, 2.45) is 0 Å². The summed E-state index contributed by atoms with van der Waals surface area (Å²) in [7, 11) is 0. The maximum Gasteiger partial charge on any atom is 0.323 e. The monoisotopic (exact) mass is 287 g/mol. The lowest BCUT2D eigenvalue weighted by molar-refractivity contribution is 0.386. The van der Waals surface area contributed by atoms with Gasteiger partial charge in [-0.05, 0) is 24.6 Å². The number of fused-ring (bicyclic) bond motifs is 1. The van der Waals surface area contributed by atoms with Crippen LogP contribution in [0.4, 0.5) is 0 Å². The summed E-state index contributed by atoms with van der Waals surface area (Å²) in [5.41, 5.74) is 2.57. The molecule has 7 nitrogen and oxygen atoms in total. The van der Waals surface area contributed by atoms with Crippen LogP contribution in [0.15, 0.2) is 27.5 Å². The van der Waals surface area contributed by atoms with Gasteiger partial charge in [0.2, 0.25) is 5.89 Å². The zero-order valence-electron chi connectivity index (χ0n) is 11.9. The molecule has 0 aliphatic rings. The zero-order valence-corrected chi connectivity index (χ0v) is 11.9. The van der Waals surface area contributed by atoms with Gasteiger partial charge >= 0.3 is 5.69 Å². The summed E-state index contributed by atoms with van der Waals surface area (Å²) in [6.07, 6.45) is 0.713. The molecule has 0 radical (unpaired) electrons. The summed E-state index contributed by atoms with van der Waals surface area (Å²) in [6, 6.07) is 6.05. The van der Waals surface area contributed by atoms with Crippen LogP contribution in [-0.2, 0) is 6.42 Å². The van der Waals surface area contributed by atoms with Gasteiger partial charge in [0.25, 0.3) is 0 Å². The van der Waals surface area contributed by atoms with Crippen molar-refractivity contribution < 1.29 is 4.52 Å². The molecular formula is C14H17N5O2. The molecule has 21 heavy (non-hydrogen) atoms. The maximum absolute atomic E-state index is 11.3. The molecule has 0 spiro atoms. The number of aromatic nitrogens is 4. The van der Waals surface area contributed by atoms with E-state index in [9.17, 15) is 4.79 Å². The number of H-pyrrole nitrogens is 2. The van der Waals surface area contributed by atoms with Crippen molar-refractivity contribution in [2.75, 3.05) is 6.54 Å². The zero-order chi connectivity index (χ0) is 14.8. The predicted molar refractivity (Wildman–Crippen MR) is 78.1 cm³/mol. The Morgan fingerprint density at radius 1 is 1.33 bits per heavy atom. The number of rotatable bonds is 5. The summed E-state index contributed by atoms with van der Waals surface area (Å²) in [4.78, 5) is 20.9. The molecule has 1 unspecified atom stereocenters. The molecule has 110 valence electrons. The Bertz CT molecular complexity index is 801. The molecule has 3 N–H and O–H groups in total. The molecule has 0 fully saturated rings. The number of nitrogens with zero attached hydrogens (tertiary/aromatic N) is 2. The van der Waals surface area contributed by atoms with Gasteiger partial charge in [-0.25, -0.2) is 4.79 Å². The summed E-state index contributed by atoms with van der Waals surface area (Å²) < 4.78 is 4.93. The highest BCUT2D eigenvalue weighted by Gasteiger charge is 2.08. The van der Waals surface area contributed by atoms with Crippen molar-refractivity contribution in [2.45, 2.75) is 26.3 Å².